The first kappa shape index (κ1) is 12.2. The van der Waals surface area contributed by atoms with Gasteiger partial charge in [-0.3, -0.25) is 0 Å². The van der Waals surface area contributed by atoms with Crippen LogP contribution in [0.25, 0.3) is 0 Å². The number of aromatic hydroxyl groups is 2. The molecule has 0 saturated heterocycles. The number of alkyl halides is 3. The number of hydrogen-bond acceptors (Lipinski definition) is 4. The highest BCUT2D eigenvalue weighted by atomic mass is 19.4. The van der Waals surface area contributed by atoms with E-state index in [-0.39, 0.29) is 5.56 Å². The maximum Gasteiger partial charge on any atom is 0.422 e. The smallest absolute Gasteiger partial charge is 0.422 e. The number of esters is 1. The third kappa shape index (κ3) is 3.68. The highest BCUT2D eigenvalue weighted by Crippen LogP contribution is 2.22. The average Bonchev–Trinajstić information content (AvgIpc) is 2.11. The van der Waals surface area contributed by atoms with Crippen molar-refractivity contribution in [1.82, 2.24) is 0 Å². The first-order valence-electron chi connectivity index (χ1n) is 4.05. The van der Waals surface area contributed by atoms with E-state index in [1.807, 2.05) is 0 Å². The summed E-state index contributed by atoms with van der Waals surface area (Å²) < 4.78 is 39.1. The van der Waals surface area contributed by atoms with Crippen molar-refractivity contribution in [2.75, 3.05) is 6.61 Å². The fraction of sp³-hybridized carbons (Fsp3) is 0.222. The maximum atomic E-state index is 11.7. The van der Waals surface area contributed by atoms with Crippen LogP contribution < -0.4 is 0 Å². The van der Waals surface area contributed by atoms with Gasteiger partial charge < -0.3 is 14.9 Å². The van der Waals surface area contributed by atoms with Crippen LogP contribution in [0, 0.1) is 0 Å². The Hall–Kier alpha value is -1.92. The van der Waals surface area contributed by atoms with E-state index >= 15 is 0 Å². The normalized spacial score (nSPS) is 11.2. The zero-order valence-electron chi connectivity index (χ0n) is 7.78. The molecule has 0 aromatic heterocycles. The van der Waals surface area contributed by atoms with Crippen molar-refractivity contribution < 1.29 is 32.9 Å². The molecule has 0 atom stereocenters. The van der Waals surface area contributed by atoms with Gasteiger partial charge in [-0.15, -0.1) is 0 Å². The topological polar surface area (TPSA) is 66.8 Å². The molecule has 0 aliphatic rings. The number of carbonyl (C=O) groups is 1. The van der Waals surface area contributed by atoms with Crippen LogP contribution in [0.4, 0.5) is 13.2 Å². The summed E-state index contributed by atoms with van der Waals surface area (Å²) in [5.74, 6) is -2.17. The van der Waals surface area contributed by atoms with Crippen LogP contribution >= 0.6 is 0 Å². The highest BCUT2D eigenvalue weighted by Gasteiger charge is 2.29. The van der Waals surface area contributed by atoms with Gasteiger partial charge in [-0.25, -0.2) is 4.79 Å². The summed E-state index contributed by atoms with van der Waals surface area (Å²) in [7, 11) is 0. The SMILES string of the molecule is O=C(OCC(F)(F)F)c1cc(O)cc(O)c1. The summed E-state index contributed by atoms with van der Waals surface area (Å²) in [4.78, 5) is 11.1. The molecular formula is C9H7F3O4. The summed E-state index contributed by atoms with van der Waals surface area (Å²) in [5.41, 5.74) is -0.359. The Kier molecular flexibility index (Phi) is 3.26. The van der Waals surface area contributed by atoms with Gasteiger partial charge in [-0.05, 0) is 12.1 Å². The van der Waals surface area contributed by atoms with Crippen LogP contribution in [0.2, 0.25) is 0 Å². The average molecular weight is 236 g/mol. The minimum atomic E-state index is -4.62. The fourth-order valence-electron chi connectivity index (χ4n) is 0.944. The second-order valence-corrected chi connectivity index (χ2v) is 2.93. The number of benzene rings is 1. The lowest BCUT2D eigenvalue weighted by atomic mass is 10.2. The van der Waals surface area contributed by atoms with Gasteiger partial charge >= 0.3 is 12.1 Å². The first-order valence-corrected chi connectivity index (χ1v) is 4.05. The highest BCUT2D eigenvalue weighted by molar-refractivity contribution is 5.90. The van der Waals surface area contributed by atoms with E-state index in [0.717, 1.165) is 18.2 Å². The van der Waals surface area contributed by atoms with Crippen LogP contribution in [0.5, 0.6) is 11.5 Å². The summed E-state index contributed by atoms with van der Waals surface area (Å²) in [6.45, 7) is -1.72. The van der Waals surface area contributed by atoms with E-state index in [0.29, 0.717) is 0 Å². The molecule has 16 heavy (non-hydrogen) atoms. The van der Waals surface area contributed by atoms with E-state index in [1.165, 1.54) is 0 Å². The Morgan fingerprint density at radius 2 is 1.69 bits per heavy atom. The number of hydrogen-bond donors (Lipinski definition) is 2. The molecule has 88 valence electrons. The predicted octanol–water partition coefficient (Wildman–Crippen LogP) is 1.82. The number of carbonyl (C=O) groups excluding carboxylic acids is 1. The van der Waals surface area contributed by atoms with Crippen molar-refractivity contribution in [3.8, 4) is 11.5 Å². The standard InChI is InChI=1S/C9H7F3O4/c10-9(11,12)4-16-8(15)5-1-6(13)3-7(14)2-5/h1-3,13-14H,4H2. The molecule has 1 rings (SSSR count). The van der Waals surface area contributed by atoms with Gasteiger partial charge in [0.2, 0.25) is 0 Å². The van der Waals surface area contributed by atoms with Crippen LogP contribution in [0.3, 0.4) is 0 Å². The van der Waals surface area contributed by atoms with Gasteiger partial charge in [0.25, 0.3) is 0 Å². The molecule has 0 aliphatic carbocycles. The fourth-order valence-corrected chi connectivity index (χ4v) is 0.944. The van der Waals surface area contributed by atoms with Gasteiger partial charge in [-0.1, -0.05) is 0 Å². The Bertz CT molecular complexity index is 380. The molecule has 0 heterocycles. The van der Waals surface area contributed by atoms with E-state index < -0.39 is 30.3 Å². The largest absolute Gasteiger partial charge is 0.508 e. The molecule has 4 nitrogen and oxygen atoms in total. The third-order valence-corrected chi connectivity index (χ3v) is 1.51. The monoisotopic (exact) mass is 236 g/mol. The zero-order chi connectivity index (χ0) is 12.3. The molecule has 0 amide bonds. The van der Waals surface area contributed by atoms with Crippen molar-refractivity contribution in [1.29, 1.82) is 0 Å². The predicted molar refractivity (Wildman–Crippen MR) is 46.1 cm³/mol. The number of phenolic OH excluding ortho intramolecular Hbond substituents is 2. The van der Waals surface area contributed by atoms with Crippen LogP contribution in [-0.4, -0.2) is 29.0 Å². The minimum Gasteiger partial charge on any atom is -0.508 e. The Morgan fingerprint density at radius 1 is 1.19 bits per heavy atom. The molecule has 0 bridgehead atoms. The minimum absolute atomic E-state index is 0.359. The van der Waals surface area contributed by atoms with E-state index in [1.54, 1.807) is 0 Å². The second-order valence-electron chi connectivity index (χ2n) is 2.93. The summed E-state index contributed by atoms with van der Waals surface area (Å²) in [6, 6.07) is 2.71. The molecule has 0 fully saturated rings. The molecule has 7 heteroatoms. The first-order chi connectivity index (χ1) is 7.28. The summed E-state index contributed by atoms with van der Waals surface area (Å²) in [6.07, 6.45) is -4.62. The maximum absolute atomic E-state index is 11.7. The molecule has 0 spiro atoms. The Balaban J connectivity index is 2.73. The van der Waals surface area contributed by atoms with Gasteiger partial charge in [0.05, 0.1) is 5.56 Å². The number of ether oxygens (including phenoxy) is 1. The summed E-state index contributed by atoms with van der Waals surface area (Å²) in [5, 5.41) is 18.0. The van der Waals surface area contributed by atoms with Gasteiger partial charge in [0, 0.05) is 6.07 Å². The van der Waals surface area contributed by atoms with E-state index in [4.69, 9.17) is 10.2 Å². The Morgan fingerprint density at radius 3 is 2.12 bits per heavy atom. The third-order valence-electron chi connectivity index (χ3n) is 1.51. The van der Waals surface area contributed by atoms with Crippen LogP contribution in [-0.2, 0) is 4.74 Å². The second kappa shape index (κ2) is 4.30. The van der Waals surface area contributed by atoms with Crippen molar-refractivity contribution >= 4 is 5.97 Å². The number of halogens is 3. The van der Waals surface area contributed by atoms with E-state index in [9.17, 15) is 18.0 Å². The zero-order valence-corrected chi connectivity index (χ0v) is 7.78. The molecule has 0 radical (unpaired) electrons. The lowest BCUT2D eigenvalue weighted by molar-refractivity contribution is -0.161. The van der Waals surface area contributed by atoms with Crippen molar-refractivity contribution in [2.45, 2.75) is 6.18 Å². The summed E-state index contributed by atoms with van der Waals surface area (Å²) >= 11 is 0. The van der Waals surface area contributed by atoms with Gasteiger partial charge in [-0.2, -0.15) is 13.2 Å². The molecular weight excluding hydrogens is 229 g/mol. The van der Waals surface area contributed by atoms with Crippen molar-refractivity contribution in [2.24, 2.45) is 0 Å². The van der Waals surface area contributed by atoms with Crippen molar-refractivity contribution in [3.63, 3.8) is 0 Å². The molecule has 0 saturated carbocycles. The molecule has 2 N–H and O–H groups in total. The lowest BCUT2D eigenvalue weighted by Gasteiger charge is -2.08. The molecule has 0 aliphatic heterocycles. The molecule has 0 unspecified atom stereocenters. The van der Waals surface area contributed by atoms with Crippen LogP contribution in [0.1, 0.15) is 10.4 Å². The molecule has 1 aromatic carbocycles. The number of rotatable bonds is 2. The van der Waals surface area contributed by atoms with Crippen molar-refractivity contribution in [3.05, 3.63) is 23.8 Å². The Labute approximate surface area is 87.9 Å². The van der Waals surface area contributed by atoms with E-state index in [2.05, 4.69) is 4.74 Å². The number of phenols is 2. The van der Waals surface area contributed by atoms with Gasteiger partial charge in [0.1, 0.15) is 11.5 Å². The molecule has 1 aromatic rings. The lowest BCUT2D eigenvalue weighted by Crippen LogP contribution is -2.20. The van der Waals surface area contributed by atoms with Crippen LogP contribution in [0.15, 0.2) is 18.2 Å². The van der Waals surface area contributed by atoms with Gasteiger partial charge in [0.15, 0.2) is 6.61 Å². The quantitative estimate of drug-likeness (QED) is 0.768.